The number of ether oxygens (including phenoxy) is 1. The van der Waals surface area contributed by atoms with Crippen molar-refractivity contribution < 1.29 is 9.26 Å². The Morgan fingerprint density at radius 1 is 1.18 bits per heavy atom. The van der Waals surface area contributed by atoms with Crippen LogP contribution in [-0.4, -0.2) is 17.3 Å². The molecule has 1 aliphatic carbocycles. The number of methoxy groups -OCH3 is 1. The van der Waals surface area contributed by atoms with E-state index in [1.807, 2.05) is 24.3 Å². The zero-order valence-electron chi connectivity index (χ0n) is 13.1. The fourth-order valence-corrected chi connectivity index (χ4v) is 3.00. The molecule has 2 aromatic rings. The summed E-state index contributed by atoms with van der Waals surface area (Å²) in [6.07, 6.45) is 10.3. The normalized spacial score (nSPS) is 15.9. The molecule has 0 amide bonds. The minimum atomic E-state index is 0.700. The molecule has 0 N–H and O–H groups in total. The van der Waals surface area contributed by atoms with E-state index in [9.17, 15) is 0 Å². The average Bonchev–Trinajstić information content (AvgIpc) is 3.02. The first-order valence-corrected chi connectivity index (χ1v) is 8.09. The van der Waals surface area contributed by atoms with Crippen LogP contribution >= 0.6 is 0 Å². The van der Waals surface area contributed by atoms with Gasteiger partial charge in [0.05, 0.1) is 7.11 Å². The SMILES string of the molecule is COc1ccc(Cc2noc(CCC3CC[CH]CC3)n2)cc1. The maximum atomic E-state index is 5.38. The lowest BCUT2D eigenvalue weighted by atomic mass is 9.86. The Bertz CT molecular complexity index is 571. The Morgan fingerprint density at radius 3 is 2.68 bits per heavy atom. The van der Waals surface area contributed by atoms with Gasteiger partial charge in [0, 0.05) is 12.8 Å². The lowest BCUT2D eigenvalue weighted by Gasteiger charge is -2.20. The first-order chi connectivity index (χ1) is 10.8. The second-order valence-corrected chi connectivity index (χ2v) is 5.98. The second-order valence-electron chi connectivity index (χ2n) is 5.98. The lowest BCUT2D eigenvalue weighted by molar-refractivity contribution is 0.334. The highest BCUT2D eigenvalue weighted by Crippen LogP contribution is 2.26. The van der Waals surface area contributed by atoms with E-state index in [1.54, 1.807) is 7.11 Å². The zero-order valence-corrected chi connectivity index (χ0v) is 13.1. The smallest absolute Gasteiger partial charge is 0.226 e. The van der Waals surface area contributed by atoms with E-state index >= 15 is 0 Å². The quantitative estimate of drug-likeness (QED) is 0.809. The third-order valence-corrected chi connectivity index (χ3v) is 4.36. The molecule has 0 atom stereocenters. The van der Waals surface area contributed by atoms with Crippen molar-refractivity contribution in [2.24, 2.45) is 5.92 Å². The summed E-state index contributed by atoms with van der Waals surface area (Å²) >= 11 is 0. The van der Waals surface area contributed by atoms with E-state index in [4.69, 9.17) is 9.26 Å². The molecule has 0 aliphatic heterocycles. The Labute approximate surface area is 131 Å². The minimum absolute atomic E-state index is 0.700. The van der Waals surface area contributed by atoms with Crippen LogP contribution in [0.4, 0.5) is 0 Å². The van der Waals surface area contributed by atoms with Gasteiger partial charge in [-0.15, -0.1) is 0 Å². The van der Waals surface area contributed by atoms with Crippen molar-refractivity contribution in [3.63, 3.8) is 0 Å². The largest absolute Gasteiger partial charge is 0.497 e. The summed E-state index contributed by atoms with van der Waals surface area (Å²) in [5.74, 6) is 3.22. The molecule has 1 heterocycles. The number of hydrogen-bond donors (Lipinski definition) is 0. The zero-order chi connectivity index (χ0) is 15.2. The maximum absolute atomic E-state index is 5.38. The van der Waals surface area contributed by atoms with Crippen molar-refractivity contribution in [1.29, 1.82) is 0 Å². The summed E-state index contributed by atoms with van der Waals surface area (Å²) in [5, 5.41) is 4.09. The van der Waals surface area contributed by atoms with Crippen LogP contribution < -0.4 is 4.74 Å². The van der Waals surface area contributed by atoms with Crippen LogP contribution in [0.2, 0.25) is 0 Å². The Morgan fingerprint density at radius 2 is 1.95 bits per heavy atom. The Kier molecular flexibility index (Phi) is 5.09. The third-order valence-electron chi connectivity index (χ3n) is 4.36. The molecule has 1 aromatic heterocycles. The number of aromatic nitrogens is 2. The van der Waals surface area contributed by atoms with Crippen molar-refractivity contribution in [3.05, 3.63) is 48.0 Å². The molecule has 1 aromatic carbocycles. The summed E-state index contributed by atoms with van der Waals surface area (Å²) in [4.78, 5) is 4.52. The van der Waals surface area contributed by atoms with Gasteiger partial charge >= 0.3 is 0 Å². The van der Waals surface area contributed by atoms with Crippen LogP contribution in [-0.2, 0) is 12.8 Å². The second kappa shape index (κ2) is 7.43. The number of hydrogen-bond acceptors (Lipinski definition) is 4. The van der Waals surface area contributed by atoms with E-state index in [0.29, 0.717) is 6.42 Å². The minimum Gasteiger partial charge on any atom is -0.497 e. The standard InChI is InChI=1S/C18H23N2O2/c1-21-16-10-7-15(8-11-16)13-17-19-18(22-20-17)12-9-14-5-3-2-4-6-14/h2,7-8,10-11,14H,3-6,9,12-13H2,1H3. The Hall–Kier alpha value is -1.84. The molecule has 1 radical (unpaired) electrons. The van der Waals surface area contributed by atoms with Crippen molar-refractivity contribution in [2.75, 3.05) is 7.11 Å². The van der Waals surface area contributed by atoms with Gasteiger partial charge in [0.2, 0.25) is 5.89 Å². The first kappa shape index (κ1) is 15.1. The van der Waals surface area contributed by atoms with Crippen LogP contribution in [0, 0.1) is 12.3 Å². The van der Waals surface area contributed by atoms with Gasteiger partial charge in [-0.3, -0.25) is 0 Å². The molecule has 0 saturated heterocycles. The number of benzene rings is 1. The summed E-state index contributed by atoms with van der Waals surface area (Å²) in [5.41, 5.74) is 1.16. The summed E-state index contributed by atoms with van der Waals surface area (Å²) in [6, 6.07) is 7.98. The summed E-state index contributed by atoms with van der Waals surface area (Å²) in [7, 11) is 1.67. The highest BCUT2D eigenvalue weighted by molar-refractivity contribution is 5.28. The highest BCUT2D eigenvalue weighted by atomic mass is 16.5. The van der Waals surface area contributed by atoms with Gasteiger partial charge in [0.15, 0.2) is 5.82 Å². The number of nitrogens with zero attached hydrogens (tertiary/aromatic N) is 2. The third kappa shape index (κ3) is 4.09. The topological polar surface area (TPSA) is 48.2 Å². The van der Waals surface area contributed by atoms with Gasteiger partial charge in [-0.05, 0) is 49.3 Å². The Balaban J connectivity index is 1.51. The van der Waals surface area contributed by atoms with E-state index in [1.165, 1.54) is 25.7 Å². The van der Waals surface area contributed by atoms with Gasteiger partial charge in [-0.25, -0.2) is 0 Å². The van der Waals surface area contributed by atoms with Crippen molar-refractivity contribution in [3.8, 4) is 5.75 Å². The molecule has 22 heavy (non-hydrogen) atoms. The van der Waals surface area contributed by atoms with Crippen molar-refractivity contribution >= 4 is 0 Å². The lowest BCUT2D eigenvalue weighted by Crippen LogP contribution is -2.07. The average molecular weight is 299 g/mol. The van der Waals surface area contributed by atoms with Crippen LogP contribution in [0.25, 0.3) is 0 Å². The molecule has 4 heteroatoms. The molecular weight excluding hydrogens is 276 g/mol. The first-order valence-electron chi connectivity index (χ1n) is 8.09. The van der Waals surface area contributed by atoms with Crippen LogP contribution in [0.3, 0.4) is 0 Å². The predicted octanol–water partition coefficient (Wildman–Crippen LogP) is 4.00. The molecule has 0 unspecified atom stereocenters. The molecule has 1 fully saturated rings. The predicted molar refractivity (Wildman–Crippen MR) is 84.7 cm³/mol. The summed E-state index contributed by atoms with van der Waals surface area (Å²) in [6.45, 7) is 0. The van der Waals surface area contributed by atoms with Gasteiger partial charge < -0.3 is 9.26 Å². The maximum Gasteiger partial charge on any atom is 0.226 e. The van der Waals surface area contributed by atoms with Gasteiger partial charge in [-0.2, -0.15) is 4.98 Å². The molecule has 0 bridgehead atoms. The van der Waals surface area contributed by atoms with E-state index in [0.717, 1.165) is 41.8 Å². The van der Waals surface area contributed by atoms with Crippen molar-refractivity contribution in [1.82, 2.24) is 10.1 Å². The molecule has 1 aliphatic rings. The van der Waals surface area contributed by atoms with Crippen molar-refractivity contribution in [2.45, 2.75) is 44.9 Å². The molecule has 1 saturated carbocycles. The monoisotopic (exact) mass is 299 g/mol. The van der Waals surface area contributed by atoms with E-state index in [2.05, 4.69) is 16.6 Å². The molecule has 3 rings (SSSR count). The van der Waals surface area contributed by atoms with E-state index in [-0.39, 0.29) is 0 Å². The number of rotatable bonds is 6. The highest BCUT2D eigenvalue weighted by Gasteiger charge is 2.15. The fraction of sp³-hybridized carbons (Fsp3) is 0.500. The van der Waals surface area contributed by atoms with Crippen LogP contribution in [0.5, 0.6) is 5.75 Å². The van der Waals surface area contributed by atoms with E-state index < -0.39 is 0 Å². The molecular formula is C18H23N2O2. The number of aryl methyl sites for hydroxylation is 1. The van der Waals surface area contributed by atoms with Gasteiger partial charge in [0.1, 0.15) is 5.75 Å². The van der Waals surface area contributed by atoms with Gasteiger partial charge in [0.25, 0.3) is 0 Å². The van der Waals surface area contributed by atoms with Crippen LogP contribution in [0.15, 0.2) is 28.8 Å². The summed E-state index contributed by atoms with van der Waals surface area (Å²) < 4.78 is 10.5. The van der Waals surface area contributed by atoms with Gasteiger partial charge in [-0.1, -0.05) is 30.1 Å². The molecule has 4 nitrogen and oxygen atoms in total. The fourth-order valence-electron chi connectivity index (χ4n) is 3.00. The van der Waals surface area contributed by atoms with Crippen LogP contribution in [0.1, 0.15) is 49.4 Å². The molecule has 117 valence electrons. The molecule has 0 spiro atoms.